The Hall–Kier alpha value is -4.33. The summed E-state index contributed by atoms with van der Waals surface area (Å²) in [7, 11) is 0. The first-order valence-electron chi connectivity index (χ1n) is 11.8. The van der Waals surface area contributed by atoms with E-state index in [4.69, 9.17) is 15.2 Å². The number of hydrogen-bond acceptors (Lipinski definition) is 5. The van der Waals surface area contributed by atoms with Crippen LogP contribution in [0.15, 0.2) is 78.9 Å². The molecule has 3 aromatic rings. The topological polar surface area (TPSA) is 102 Å². The Balaban J connectivity index is 1.32. The highest BCUT2D eigenvalue weighted by atomic mass is 16.5. The van der Waals surface area contributed by atoms with Crippen LogP contribution in [0.2, 0.25) is 0 Å². The zero-order chi connectivity index (χ0) is 25.5. The van der Waals surface area contributed by atoms with Crippen LogP contribution in [0.4, 0.5) is 0 Å². The van der Waals surface area contributed by atoms with Gasteiger partial charge in [-0.1, -0.05) is 42.5 Å². The molecular weight excluding hydrogens is 458 g/mol. The van der Waals surface area contributed by atoms with E-state index in [1.54, 1.807) is 59.2 Å². The lowest BCUT2D eigenvalue weighted by atomic mass is 10.1. The molecule has 36 heavy (non-hydrogen) atoms. The Morgan fingerprint density at radius 1 is 0.861 bits per heavy atom. The van der Waals surface area contributed by atoms with E-state index >= 15 is 0 Å². The fourth-order valence-electron chi connectivity index (χ4n) is 4.07. The van der Waals surface area contributed by atoms with Crippen molar-refractivity contribution in [3.05, 3.63) is 95.6 Å². The summed E-state index contributed by atoms with van der Waals surface area (Å²) in [4.78, 5) is 41.0. The Kier molecular flexibility index (Phi) is 7.85. The summed E-state index contributed by atoms with van der Waals surface area (Å²) in [5, 5.41) is 0. The van der Waals surface area contributed by atoms with Gasteiger partial charge >= 0.3 is 0 Å². The first-order valence-corrected chi connectivity index (χ1v) is 11.8. The molecule has 1 saturated heterocycles. The first kappa shape index (κ1) is 24.8. The molecule has 1 heterocycles. The molecule has 0 aliphatic carbocycles. The van der Waals surface area contributed by atoms with Crippen LogP contribution in [0.25, 0.3) is 0 Å². The minimum Gasteiger partial charge on any atom is -0.488 e. The van der Waals surface area contributed by atoms with Crippen LogP contribution in [0, 0.1) is 0 Å². The number of primary amides is 1. The normalized spacial score (nSPS) is 14.1. The van der Waals surface area contributed by atoms with Crippen LogP contribution < -0.4 is 15.2 Å². The molecule has 3 aromatic carbocycles. The quantitative estimate of drug-likeness (QED) is 0.526. The van der Waals surface area contributed by atoms with E-state index in [-0.39, 0.29) is 18.4 Å². The molecule has 4 rings (SSSR count). The van der Waals surface area contributed by atoms with Crippen LogP contribution in [0.5, 0.6) is 11.5 Å². The molecule has 1 fully saturated rings. The number of nitrogens with zero attached hydrogens (tertiary/aromatic N) is 2. The highest BCUT2D eigenvalue weighted by Gasteiger charge is 2.28. The molecule has 0 aromatic heterocycles. The number of hydrogen-bond donors (Lipinski definition) is 1. The lowest BCUT2D eigenvalue weighted by Crippen LogP contribution is -2.53. The highest BCUT2D eigenvalue weighted by Crippen LogP contribution is 2.20. The summed E-state index contributed by atoms with van der Waals surface area (Å²) in [6.45, 7) is 3.69. The molecule has 2 N–H and O–H groups in total. The van der Waals surface area contributed by atoms with Crippen molar-refractivity contribution in [2.75, 3.05) is 26.2 Å². The summed E-state index contributed by atoms with van der Waals surface area (Å²) in [5.41, 5.74) is 7.05. The number of nitrogens with two attached hydrogens (primary N) is 1. The minimum atomic E-state index is -0.606. The standard InChI is InChI=1S/C28H29N3O5/c1-20(36-23-10-3-2-4-11-23)27(33)30-14-16-31(17-15-30)28(34)22-9-7-8-21(18-22)19-35-25-13-6-5-12-24(25)26(29)32/h2-13,18,20H,14-17,19H2,1H3,(H2,29,32). The summed E-state index contributed by atoms with van der Waals surface area (Å²) in [6, 6.07) is 23.2. The molecular formula is C28H29N3O5. The predicted octanol–water partition coefficient (Wildman–Crippen LogP) is 3.12. The van der Waals surface area contributed by atoms with Gasteiger partial charge in [-0.25, -0.2) is 0 Å². The smallest absolute Gasteiger partial charge is 0.263 e. The van der Waals surface area contributed by atoms with E-state index in [2.05, 4.69) is 0 Å². The third-order valence-electron chi connectivity index (χ3n) is 6.00. The van der Waals surface area contributed by atoms with Gasteiger partial charge in [-0.15, -0.1) is 0 Å². The van der Waals surface area contributed by atoms with Gasteiger partial charge in [0, 0.05) is 31.7 Å². The number of amides is 3. The zero-order valence-corrected chi connectivity index (χ0v) is 20.1. The fraction of sp³-hybridized carbons (Fsp3) is 0.250. The number of ether oxygens (including phenoxy) is 2. The summed E-state index contributed by atoms with van der Waals surface area (Å²) >= 11 is 0. The van der Waals surface area contributed by atoms with Gasteiger partial charge < -0.3 is 25.0 Å². The maximum atomic E-state index is 13.1. The summed E-state index contributed by atoms with van der Waals surface area (Å²) in [5.74, 6) is 0.284. The molecule has 186 valence electrons. The Bertz CT molecular complexity index is 1220. The third kappa shape index (κ3) is 6.02. The van der Waals surface area contributed by atoms with Gasteiger partial charge in [-0.05, 0) is 48.9 Å². The molecule has 3 amide bonds. The first-order chi connectivity index (χ1) is 17.4. The van der Waals surface area contributed by atoms with Crippen molar-refractivity contribution in [2.45, 2.75) is 19.6 Å². The molecule has 1 unspecified atom stereocenters. The number of piperazine rings is 1. The molecule has 1 aliphatic heterocycles. The van der Waals surface area contributed by atoms with Gasteiger partial charge in [0.25, 0.3) is 17.7 Å². The molecule has 0 saturated carbocycles. The maximum absolute atomic E-state index is 13.1. The van der Waals surface area contributed by atoms with E-state index in [1.165, 1.54) is 0 Å². The molecule has 0 radical (unpaired) electrons. The van der Waals surface area contributed by atoms with E-state index in [0.29, 0.717) is 48.8 Å². The number of benzene rings is 3. The van der Waals surface area contributed by atoms with Crippen molar-refractivity contribution in [3.63, 3.8) is 0 Å². The van der Waals surface area contributed by atoms with E-state index in [0.717, 1.165) is 5.56 Å². The van der Waals surface area contributed by atoms with Crippen LogP contribution in [0.1, 0.15) is 33.2 Å². The van der Waals surface area contributed by atoms with Crippen LogP contribution in [-0.4, -0.2) is 59.8 Å². The van der Waals surface area contributed by atoms with E-state index < -0.39 is 12.0 Å². The summed E-state index contributed by atoms with van der Waals surface area (Å²) < 4.78 is 11.5. The second-order valence-corrected chi connectivity index (χ2v) is 8.54. The average Bonchev–Trinajstić information content (AvgIpc) is 2.92. The lowest BCUT2D eigenvalue weighted by Gasteiger charge is -2.36. The monoisotopic (exact) mass is 487 g/mol. The molecule has 8 heteroatoms. The van der Waals surface area contributed by atoms with Gasteiger partial charge in [0.1, 0.15) is 18.1 Å². The van der Waals surface area contributed by atoms with E-state index in [9.17, 15) is 14.4 Å². The van der Waals surface area contributed by atoms with Gasteiger partial charge in [0.05, 0.1) is 5.56 Å². The molecule has 0 spiro atoms. The van der Waals surface area contributed by atoms with Gasteiger partial charge in [0.15, 0.2) is 6.10 Å². The van der Waals surface area contributed by atoms with Gasteiger partial charge in [-0.2, -0.15) is 0 Å². The van der Waals surface area contributed by atoms with Crippen molar-refractivity contribution in [3.8, 4) is 11.5 Å². The van der Waals surface area contributed by atoms with Crippen molar-refractivity contribution in [1.29, 1.82) is 0 Å². The largest absolute Gasteiger partial charge is 0.488 e. The predicted molar refractivity (Wildman–Crippen MR) is 135 cm³/mol. The third-order valence-corrected chi connectivity index (χ3v) is 6.00. The number of carbonyl (C=O) groups excluding carboxylic acids is 3. The Labute approximate surface area is 210 Å². The van der Waals surface area contributed by atoms with Crippen LogP contribution in [-0.2, 0) is 11.4 Å². The van der Waals surface area contributed by atoms with Crippen molar-refractivity contribution in [1.82, 2.24) is 9.80 Å². The molecule has 1 atom stereocenters. The van der Waals surface area contributed by atoms with Crippen LogP contribution >= 0.6 is 0 Å². The van der Waals surface area contributed by atoms with Crippen molar-refractivity contribution >= 4 is 17.7 Å². The fourth-order valence-corrected chi connectivity index (χ4v) is 4.07. The molecule has 0 bridgehead atoms. The minimum absolute atomic E-state index is 0.0960. The number of rotatable bonds is 8. The maximum Gasteiger partial charge on any atom is 0.263 e. The highest BCUT2D eigenvalue weighted by molar-refractivity contribution is 5.96. The van der Waals surface area contributed by atoms with Crippen molar-refractivity contribution < 1.29 is 23.9 Å². The Morgan fingerprint density at radius 3 is 2.25 bits per heavy atom. The number of para-hydroxylation sites is 2. The molecule has 1 aliphatic rings. The van der Waals surface area contributed by atoms with E-state index in [1.807, 2.05) is 36.4 Å². The molecule has 8 nitrogen and oxygen atoms in total. The van der Waals surface area contributed by atoms with Gasteiger partial charge in [-0.3, -0.25) is 14.4 Å². The number of carbonyl (C=O) groups is 3. The zero-order valence-electron chi connectivity index (χ0n) is 20.1. The van der Waals surface area contributed by atoms with Gasteiger partial charge in [0.2, 0.25) is 0 Å². The second-order valence-electron chi connectivity index (χ2n) is 8.54. The van der Waals surface area contributed by atoms with Crippen LogP contribution in [0.3, 0.4) is 0 Å². The lowest BCUT2D eigenvalue weighted by molar-refractivity contribution is -0.139. The SMILES string of the molecule is CC(Oc1ccccc1)C(=O)N1CCN(C(=O)c2cccc(COc3ccccc3C(N)=O)c2)CC1. The Morgan fingerprint density at radius 2 is 1.53 bits per heavy atom. The summed E-state index contributed by atoms with van der Waals surface area (Å²) in [6.07, 6.45) is -0.606. The average molecular weight is 488 g/mol. The van der Waals surface area contributed by atoms with Crippen molar-refractivity contribution in [2.24, 2.45) is 5.73 Å². The second kappa shape index (κ2) is 11.4.